The predicted molar refractivity (Wildman–Crippen MR) is 132 cm³/mol. The Morgan fingerprint density at radius 2 is 1.60 bits per heavy atom. The average molecular weight is 477 g/mol. The van der Waals surface area contributed by atoms with Gasteiger partial charge >= 0.3 is 6.16 Å². The molecule has 0 aliphatic carbocycles. The first kappa shape index (κ1) is 25.3. The smallest absolute Gasteiger partial charge is 0.497 e. The molecule has 8 heteroatoms. The molecule has 35 heavy (non-hydrogen) atoms. The predicted octanol–water partition coefficient (Wildman–Crippen LogP) is 4.73. The Kier molecular flexibility index (Phi) is 9.24. The number of ether oxygens (including phenoxy) is 3. The summed E-state index contributed by atoms with van der Waals surface area (Å²) in [5.41, 5.74) is 2.99. The van der Waals surface area contributed by atoms with Gasteiger partial charge in [-0.3, -0.25) is 9.59 Å². The van der Waals surface area contributed by atoms with E-state index >= 15 is 0 Å². The minimum absolute atomic E-state index is 0.0411. The Morgan fingerprint density at radius 1 is 0.857 bits per heavy atom. The molecule has 0 heterocycles. The second-order valence-corrected chi connectivity index (χ2v) is 7.59. The second kappa shape index (κ2) is 12.8. The van der Waals surface area contributed by atoms with Crippen molar-refractivity contribution in [3.8, 4) is 11.5 Å². The van der Waals surface area contributed by atoms with E-state index in [1.54, 1.807) is 38.3 Å². The molecule has 0 aliphatic rings. The number of hydrogen-bond donors (Lipinski definition) is 2. The molecule has 0 bridgehead atoms. The molecular formula is C27H28N2O6. The molecule has 3 aromatic carbocycles. The second-order valence-electron chi connectivity index (χ2n) is 7.59. The Morgan fingerprint density at radius 3 is 2.29 bits per heavy atom. The third kappa shape index (κ3) is 8.19. The van der Waals surface area contributed by atoms with Crippen LogP contribution in [0.4, 0.5) is 10.5 Å². The summed E-state index contributed by atoms with van der Waals surface area (Å²) < 4.78 is 14.9. The zero-order valence-corrected chi connectivity index (χ0v) is 19.7. The van der Waals surface area contributed by atoms with Gasteiger partial charge in [0.05, 0.1) is 13.7 Å². The number of anilines is 1. The van der Waals surface area contributed by atoms with Crippen molar-refractivity contribution < 1.29 is 28.6 Å². The molecule has 0 radical (unpaired) electrons. The van der Waals surface area contributed by atoms with Crippen molar-refractivity contribution in [2.24, 2.45) is 0 Å². The highest BCUT2D eigenvalue weighted by molar-refractivity contribution is 6.04. The molecule has 0 aliphatic heterocycles. The van der Waals surface area contributed by atoms with E-state index in [1.807, 2.05) is 36.4 Å². The number of carbonyl (C=O) groups is 3. The summed E-state index contributed by atoms with van der Waals surface area (Å²) in [5.74, 6) is 0.719. The molecule has 0 saturated heterocycles. The lowest BCUT2D eigenvalue weighted by Gasteiger charge is -2.09. The Hall–Kier alpha value is -4.33. The average Bonchev–Trinajstić information content (AvgIpc) is 2.87. The number of nitrogens with one attached hydrogen (secondary N) is 2. The monoisotopic (exact) mass is 476 g/mol. The summed E-state index contributed by atoms with van der Waals surface area (Å²) in [6.45, 7) is 2.30. The maximum Gasteiger partial charge on any atom is 0.513 e. The van der Waals surface area contributed by atoms with Gasteiger partial charge in [0.25, 0.3) is 5.91 Å². The first-order chi connectivity index (χ1) is 17.0. The Balaban J connectivity index is 1.44. The highest BCUT2D eigenvalue weighted by atomic mass is 16.7. The van der Waals surface area contributed by atoms with Crippen molar-refractivity contribution in [3.05, 3.63) is 89.5 Å². The molecule has 3 rings (SSSR count). The van der Waals surface area contributed by atoms with Gasteiger partial charge in [0.15, 0.2) is 0 Å². The molecule has 0 spiro atoms. The third-order valence-electron chi connectivity index (χ3n) is 5.06. The van der Waals surface area contributed by atoms with Gasteiger partial charge in [-0.15, -0.1) is 0 Å². The molecule has 182 valence electrons. The van der Waals surface area contributed by atoms with Crippen LogP contribution in [0.3, 0.4) is 0 Å². The first-order valence-corrected chi connectivity index (χ1v) is 11.2. The molecule has 2 amide bonds. The summed E-state index contributed by atoms with van der Waals surface area (Å²) in [6.07, 6.45) is 0.215. The number of amides is 2. The molecule has 3 aromatic rings. The number of hydrogen-bond acceptors (Lipinski definition) is 6. The summed E-state index contributed by atoms with van der Waals surface area (Å²) in [4.78, 5) is 36.0. The van der Waals surface area contributed by atoms with E-state index in [0.717, 1.165) is 16.9 Å². The van der Waals surface area contributed by atoms with Crippen LogP contribution in [0.2, 0.25) is 0 Å². The fraction of sp³-hybridized carbons (Fsp3) is 0.222. The highest BCUT2D eigenvalue weighted by Crippen LogP contribution is 2.16. The van der Waals surface area contributed by atoms with Crippen LogP contribution in [-0.4, -0.2) is 31.7 Å². The van der Waals surface area contributed by atoms with Crippen molar-refractivity contribution >= 4 is 23.7 Å². The van der Waals surface area contributed by atoms with Crippen LogP contribution < -0.4 is 20.1 Å². The van der Waals surface area contributed by atoms with Gasteiger partial charge in [-0.25, -0.2) is 4.79 Å². The number of benzene rings is 3. The van der Waals surface area contributed by atoms with E-state index < -0.39 is 6.16 Å². The number of methoxy groups -OCH3 is 1. The Bertz CT molecular complexity index is 1140. The Labute approximate surface area is 204 Å². The van der Waals surface area contributed by atoms with E-state index in [-0.39, 0.29) is 24.2 Å². The first-order valence-electron chi connectivity index (χ1n) is 11.2. The van der Waals surface area contributed by atoms with E-state index in [1.165, 1.54) is 12.1 Å². The molecule has 8 nitrogen and oxygen atoms in total. The molecule has 0 saturated carbocycles. The summed E-state index contributed by atoms with van der Waals surface area (Å²) in [7, 11) is 1.62. The molecular weight excluding hydrogens is 448 g/mol. The largest absolute Gasteiger partial charge is 0.513 e. The lowest BCUT2D eigenvalue weighted by atomic mass is 10.1. The van der Waals surface area contributed by atoms with Crippen molar-refractivity contribution in [1.82, 2.24) is 5.32 Å². The van der Waals surface area contributed by atoms with Crippen LogP contribution in [0.25, 0.3) is 0 Å². The maximum atomic E-state index is 12.5. The van der Waals surface area contributed by atoms with Gasteiger partial charge in [0.1, 0.15) is 11.5 Å². The third-order valence-corrected chi connectivity index (χ3v) is 5.06. The van der Waals surface area contributed by atoms with Crippen LogP contribution >= 0.6 is 0 Å². The van der Waals surface area contributed by atoms with Gasteiger partial charge in [0.2, 0.25) is 5.91 Å². The number of aryl methyl sites for hydroxylation is 1. The van der Waals surface area contributed by atoms with Crippen LogP contribution in [0.1, 0.15) is 34.8 Å². The van der Waals surface area contributed by atoms with Crippen LogP contribution in [0.15, 0.2) is 72.8 Å². The fourth-order valence-electron chi connectivity index (χ4n) is 3.20. The lowest BCUT2D eigenvalue weighted by Crippen LogP contribution is -2.23. The lowest BCUT2D eigenvalue weighted by molar-refractivity contribution is -0.121. The quantitative estimate of drug-likeness (QED) is 0.324. The SMILES string of the molecule is CCOC(=O)Oc1ccc(C(=O)Nc2ccc(CNC(=O)CCc3cccc(OC)c3)cc2)cc1. The molecule has 2 N–H and O–H groups in total. The van der Waals surface area contributed by atoms with Crippen molar-refractivity contribution in [3.63, 3.8) is 0 Å². The molecule has 0 aromatic heterocycles. The van der Waals surface area contributed by atoms with E-state index in [9.17, 15) is 14.4 Å². The standard InChI is InChI=1S/C27H28N2O6/c1-3-34-27(32)35-23-14-10-21(11-15-23)26(31)29-22-12-7-20(8-13-22)18-28-25(30)16-9-19-5-4-6-24(17-19)33-2/h4-8,10-15,17H,3,9,16,18H2,1-2H3,(H,28,30)(H,29,31). The summed E-state index contributed by atoms with van der Waals surface area (Å²) in [6, 6.07) is 21.0. The normalized spacial score (nSPS) is 10.2. The summed E-state index contributed by atoms with van der Waals surface area (Å²) >= 11 is 0. The topological polar surface area (TPSA) is 103 Å². The van der Waals surface area contributed by atoms with Gasteiger partial charge in [-0.1, -0.05) is 24.3 Å². The minimum Gasteiger partial charge on any atom is -0.497 e. The van der Waals surface area contributed by atoms with Crippen molar-refractivity contribution in [2.75, 3.05) is 19.0 Å². The van der Waals surface area contributed by atoms with E-state index in [0.29, 0.717) is 30.6 Å². The van der Waals surface area contributed by atoms with Crippen LogP contribution in [0, 0.1) is 0 Å². The zero-order valence-electron chi connectivity index (χ0n) is 19.7. The van der Waals surface area contributed by atoms with Crippen molar-refractivity contribution in [2.45, 2.75) is 26.3 Å². The fourth-order valence-corrected chi connectivity index (χ4v) is 3.20. The van der Waals surface area contributed by atoms with Gasteiger partial charge in [-0.05, 0) is 73.0 Å². The zero-order chi connectivity index (χ0) is 25.0. The highest BCUT2D eigenvalue weighted by Gasteiger charge is 2.09. The molecule has 0 atom stereocenters. The summed E-state index contributed by atoms with van der Waals surface area (Å²) in [5, 5.41) is 5.72. The van der Waals surface area contributed by atoms with E-state index in [4.69, 9.17) is 14.2 Å². The van der Waals surface area contributed by atoms with Gasteiger partial charge in [0, 0.05) is 24.2 Å². The minimum atomic E-state index is -0.794. The van der Waals surface area contributed by atoms with Crippen LogP contribution in [0.5, 0.6) is 11.5 Å². The van der Waals surface area contributed by atoms with Gasteiger partial charge < -0.3 is 24.8 Å². The van der Waals surface area contributed by atoms with Crippen molar-refractivity contribution in [1.29, 1.82) is 0 Å². The van der Waals surface area contributed by atoms with Crippen LogP contribution in [-0.2, 0) is 22.5 Å². The van der Waals surface area contributed by atoms with Gasteiger partial charge in [-0.2, -0.15) is 0 Å². The molecule has 0 fully saturated rings. The van der Waals surface area contributed by atoms with E-state index in [2.05, 4.69) is 10.6 Å². The maximum absolute atomic E-state index is 12.5. The number of carbonyl (C=O) groups excluding carboxylic acids is 3. The number of rotatable bonds is 10. The molecule has 0 unspecified atom stereocenters.